The fourth-order valence-electron chi connectivity index (χ4n) is 2.18. The lowest BCUT2D eigenvalue weighted by Gasteiger charge is -2.28. The van der Waals surface area contributed by atoms with Gasteiger partial charge in [-0.2, -0.15) is 0 Å². The van der Waals surface area contributed by atoms with Gasteiger partial charge in [-0.25, -0.2) is 4.39 Å². The van der Waals surface area contributed by atoms with Crippen LogP contribution in [0.4, 0.5) is 4.39 Å². The molecule has 0 unspecified atom stereocenters. The van der Waals surface area contributed by atoms with Crippen LogP contribution in [0.15, 0.2) is 24.3 Å². The molecule has 1 aliphatic heterocycles. The zero-order chi connectivity index (χ0) is 14.0. The summed E-state index contributed by atoms with van der Waals surface area (Å²) < 4.78 is 13.6. The molecule has 0 bridgehead atoms. The van der Waals surface area contributed by atoms with Crippen LogP contribution in [0.3, 0.4) is 0 Å². The van der Waals surface area contributed by atoms with Crippen molar-refractivity contribution in [2.75, 3.05) is 6.54 Å². The van der Waals surface area contributed by atoms with Gasteiger partial charge >= 0.3 is 0 Å². The first-order valence-corrected chi connectivity index (χ1v) is 6.24. The molecule has 2 amide bonds. The molecular formula is C14H17FN2O2. The summed E-state index contributed by atoms with van der Waals surface area (Å²) in [7, 11) is 0. The lowest BCUT2D eigenvalue weighted by atomic mass is 10.0. The molecule has 0 aliphatic carbocycles. The largest absolute Gasteiger partial charge is 0.342 e. The molecule has 1 heterocycles. The smallest absolute Gasteiger partial charge is 0.248 e. The Hall–Kier alpha value is -1.91. The van der Waals surface area contributed by atoms with Gasteiger partial charge in [0.05, 0.1) is 0 Å². The van der Waals surface area contributed by atoms with Gasteiger partial charge < -0.3 is 10.2 Å². The molecule has 1 aromatic carbocycles. The number of benzene rings is 1. The van der Waals surface area contributed by atoms with Gasteiger partial charge in [0.25, 0.3) is 0 Å². The van der Waals surface area contributed by atoms with Crippen LogP contribution < -0.4 is 5.32 Å². The van der Waals surface area contributed by atoms with E-state index >= 15 is 0 Å². The van der Waals surface area contributed by atoms with Crippen LogP contribution >= 0.6 is 0 Å². The minimum Gasteiger partial charge on any atom is -0.342 e. The fraction of sp³-hybridized carbons (Fsp3) is 0.429. The SMILES string of the molecule is CC1(C)NC(=O)CCN(Cc2ccccc2F)C1=O. The van der Waals surface area contributed by atoms with Crippen LogP contribution in [0.2, 0.25) is 0 Å². The first-order chi connectivity index (χ1) is 8.90. The highest BCUT2D eigenvalue weighted by Crippen LogP contribution is 2.17. The Kier molecular flexibility index (Phi) is 3.55. The quantitative estimate of drug-likeness (QED) is 0.879. The maximum absolute atomic E-state index is 13.6. The summed E-state index contributed by atoms with van der Waals surface area (Å²) in [5, 5.41) is 2.67. The molecule has 0 aromatic heterocycles. The first kappa shape index (κ1) is 13.5. The standard InChI is InChI=1S/C14H17FN2O2/c1-14(2)13(19)17(8-7-12(18)16-14)9-10-5-3-4-6-11(10)15/h3-6H,7-9H2,1-2H3,(H,16,18). The van der Waals surface area contributed by atoms with Gasteiger partial charge in [-0.1, -0.05) is 18.2 Å². The summed E-state index contributed by atoms with van der Waals surface area (Å²) in [6, 6.07) is 6.36. The molecule has 1 aromatic rings. The number of amides is 2. The number of carbonyl (C=O) groups excluding carboxylic acids is 2. The van der Waals surface area contributed by atoms with E-state index in [1.54, 1.807) is 32.0 Å². The van der Waals surface area contributed by atoms with E-state index in [9.17, 15) is 14.0 Å². The normalized spacial score (nSPS) is 19.0. The van der Waals surface area contributed by atoms with E-state index in [1.165, 1.54) is 11.0 Å². The van der Waals surface area contributed by atoms with Crippen molar-refractivity contribution < 1.29 is 14.0 Å². The molecule has 0 spiro atoms. The molecule has 1 aliphatic rings. The van der Waals surface area contributed by atoms with Gasteiger partial charge in [0.1, 0.15) is 11.4 Å². The van der Waals surface area contributed by atoms with Crippen LogP contribution in [0.5, 0.6) is 0 Å². The Labute approximate surface area is 111 Å². The van der Waals surface area contributed by atoms with Crippen molar-refractivity contribution in [1.82, 2.24) is 10.2 Å². The molecule has 1 N–H and O–H groups in total. The summed E-state index contributed by atoms with van der Waals surface area (Å²) in [5.74, 6) is -0.687. The van der Waals surface area contributed by atoms with Crippen molar-refractivity contribution in [3.63, 3.8) is 0 Å². The van der Waals surface area contributed by atoms with E-state index in [2.05, 4.69) is 5.32 Å². The van der Waals surface area contributed by atoms with Crippen LogP contribution in [-0.4, -0.2) is 28.8 Å². The van der Waals surface area contributed by atoms with Gasteiger partial charge in [0.15, 0.2) is 0 Å². The molecule has 102 valence electrons. The van der Waals surface area contributed by atoms with Gasteiger partial charge in [-0.15, -0.1) is 0 Å². The van der Waals surface area contributed by atoms with Crippen molar-refractivity contribution in [3.8, 4) is 0 Å². The van der Waals surface area contributed by atoms with E-state index in [4.69, 9.17) is 0 Å². The van der Waals surface area contributed by atoms with Crippen LogP contribution in [0.1, 0.15) is 25.8 Å². The molecule has 1 saturated heterocycles. The number of halogens is 1. The van der Waals surface area contributed by atoms with Crippen molar-refractivity contribution in [3.05, 3.63) is 35.6 Å². The minimum absolute atomic E-state index is 0.158. The topological polar surface area (TPSA) is 49.4 Å². The van der Waals surface area contributed by atoms with Crippen LogP contribution in [0.25, 0.3) is 0 Å². The molecule has 1 fully saturated rings. The van der Waals surface area contributed by atoms with Gasteiger partial charge in [0.2, 0.25) is 11.8 Å². The second-order valence-corrected chi connectivity index (χ2v) is 5.24. The molecule has 5 heteroatoms. The minimum atomic E-state index is -0.946. The third kappa shape index (κ3) is 2.92. The van der Waals surface area contributed by atoms with E-state index in [-0.39, 0.29) is 30.6 Å². The maximum Gasteiger partial charge on any atom is 0.248 e. The van der Waals surface area contributed by atoms with Crippen molar-refractivity contribution in [2.45, 2.75) is 32.4 Å². The predicted octanol–water partition coefficient (Wildman–Crippen LogP) is 1.45. The first-order valence-electron chi connectivity index (χ1n) is 6.24. The summed E-state index contributed by atoms with van der Waals surface area (Å²) >= 11 is 0. The zero-order valence-electron chi connectivity index (χ0n) is 11.1. The van der Waals surface area contributed by atoms with Crippen molar-refractivity contribution in [2.24, 2.45) is 0 Å². The highest BCUT2D eigenvalue weighted by molar-refractivity contribution is 5.92. The number of nitrogens with zero attached hydrogens (tertiary/aromatic N) is 1. The van der Waals surface area contributed by atoms with Crippen LogP contribution in [0, 0.1) is 5.82 Å². The molecule has 19 heavy (non-hydrogen) atoms. The Morgan fingerprint density at radius 1 is 1.32 bits per heavy atom. The van der Waals surface area contributed by atoms with E-state index in [0.717, 1.165) is 0 Å². The molecule has 4 nitrogen and oxygen atoms in total. The van der Waals surface area contributed by atoms with E-state index in [1.807, 2.05) is 0 Å². The number of nitrogens with one attached hydrogen (secondary N) is 1. The molecule has 0 atom stereocenters. The number of rotatable bonds is 2. The van der Waals surface area contributed by atoms with E-state index < -0.39 is 5.54 Å². The Balaban J connectivity index is 2.22. The predicted molar refractivity (Wildman–Crippen MR) is 68.7 cm³/mol. The Bertz CT molecular complexity index is 514. The maximum atomic E-state index is 13.6. The van der Waals surface area contributed by atoms with Crippen molar-refractivity contribution >= 4 is 11.8 Å². The zero-order valence-corrected chi connectivity index (χ0v) is 11.1. The lowest BCUT2D eigenvalue weighted by molar-refractivity contribution is -0.137. The van der Waals surface area contributed by atoms with Crippen LogP contribution in [-0.2, 0) is 16.1 Å². The monoisotopic (exact) mass is 264 g/mol. The second kappa shape index (κ2) is 4.99. The Morgan fingerprint density at radius 3 is 2.68 bits per heavy atom. The average Bonchev–Trinajstić information content (AvgIpc) is 2.43. The lowest BCUT2D eigenvalue weighted by Crippen LogP contribution is -2.52. The van der Waals surface area contributed by atoms with Gasteiger partial charge in [-0.05, 0) is 19.9 Å². The summed E-state index contributed by atoms with van der Waals surface area (Å²) in [5.41, 5.74) is -0.486. The second-order valence-electron chi connectivity index (χ2n) is 5.24. The molecular weight excluding hydrogens is 247 g/mol. The summed E-state index contributed by atoms with van der Waals surface area (Å²) in [6.45, 7) is 3.81. The molecule has 0 radical (unpaired) electrons. The molecule has 2 rings (SSSR count). The summed E-state index contributed by atoms with van der Waals surface area (Å²) in [6.07, 6.45) is 0.240. The molecule has 0 saturated carbocycles. The fourth-order valence-corrected chi connectivity index (χ4v) is 2.18. The highest BCUT2D eigenvalue weighted by atomic mass is 19.1. The number of carbonyl (C=O) groups is 2. The third-order valence-corrected chi connectivity index (χ3v) is 3.20. The van der Waals surface area contributed by atoms with Gasteiger partial charge in [0, 0.05) is 25.1 Å². The summed E-state index contributed by atoms with van der Waals surface area (Å²) in [4.78, 5) is 25.4. The van der Waals surface area contributed by atoms with Crippen molar-refractivity contribution in [1.29, 1.82) is 0 Å². The van der Waals surface area contributed by atoms with Gasteiger partial charge in [-0.3, -0.25) is 9.59 Å². The highest BCUT2D eigenvalue weighted by Gasteiger charge is 2.36. The number of hydrogen-bond donors (Lipinski definition) is 1. The third-order valence-electron chi connectivity index (χ3n) is 3.20. The van der Waals surface area contributed by atoms with E-state index in [0.29, 0.717) is 12.1 Å². The Morgan fingerprint density at radius 2 is 2.00 bits per heavy atom. The average molecular weight is 264 g/mol. The number of hydrogen-bond acceptors (Lipinski definition) is 2.